The molecule has 1 aliphatic rings. The maximum Gasteiger partial charge on any atom is 0.200 e. The fourth-order valence-electron chi connectivity index (χ4n) is 3.43. The van der Waals surface area contributed by atoms with Crippen molar-refractivity contribution in [1.29, 1.82) is 0 Å². The summed E-state index contributed by atoms with van der Waals surface area (Å²) < 4.78 is 1.73. The Hall–Kier alpha value is -3.22. The number of hydrogen-bond donors (Lipinski definition) is 2. The molecule has 7 nitrogen and oxygen atoms in total. The second-order valence-corrected chi connectivity index (χ2v) is 6.37. The van der Waals surface area contributed by atoms with Gasteiger partial charge in [-0.05, 0) is 24.5 Å². The van der Waals surface area contributed by atoms with E-state index in [9.17, 15) is 0 Å². The first-order valence-electron chi connectivity index (χ1n) is 8.41. The van der Waals surface area contributed by atoms with Crippen LogP contribution in [0, 0.1) is 0 Å². The number of aromatic nitrogens is 6. The van der Waals surface area contributed by atoms with Gasteiger partial charge >= 0.3 is 0 Å². The monoisotopic (exact) mass is 331 g/mol. The van der Waals surface area contributed by atoms with Crippen LogP contribution < -0.4 is 5.32 Å². The molecule has 1 aromatic carbocycles. The van der Waals surface area contributed by atoms with Gasteiger partial charge in [-0.2, -0.15) is 14.7 Å². The Balaban J connectivity index is 1.51. The molecule has 1 unspecified atom stereocenters. The second-order valence-electron chi connectivity index (χ2n) is 6.37. The van der Waals surface area contributed by atoms with Gasteiger partial charge in [0.25, 0.3) is 0 Å². The highest BCUT2D eigenvalue weighted by molar-refractivity contribution is 5.73. The normalized spacial score (nSPS) is 16.7. The van der Waals surface area contributed by atoms with Gasteiger partial charge in [0.15, 0.2) is 0 Å². The molecule has 0 amide bonds. The standard InChI is InChI=1S/C18H17N7/c1-2-4-12(5-3-1)16-9-17(18-23-20-11-25(18)24-16)21-14-7-6-13-10-19-22-15(13)8-14/h1-5,9-11,14,21H,6-8H2,(H,19,22). The third-order valence-corrected chi connectivity index (χ3v) is 4.72. The zero-order chi connectivity index (χ0) is 16.6. The largest absolute Gasteiger partial charge is 0.379 e. The number of rotatable bonds is 3. The highest BCUT2D eigenvalue weighted by Gasteiger charge is 2.21. The Bertz CT molecular complexity index is 1020. The number of fused-ring (bicyclic) bond motifs is 2. The zero-order valence-corrected chi connectivity index (χ0v) is 13.6. The van der Waals surface area contributed by atoms with E-state index >= 15 is 0 Å². The summed E-state index contributed by atoms with van der Waals surface area (Å²) in [5.41, 5.74) is 6.22. The number of H-pyrrole nitrogens is 1. The lowest BCUT2D eigenvalue weighted by Crippen LogP contribution is -2.27. The minimum atomic E-state index is 0.333. The second kappa shape index (κ2) is 5.70. The molecule has 25 heavy (non-hydrogen) atoms. The first-order valence-corrected chi connectivity index (χ1v) is 8.41. The molecular formula is C18H17N7. The lowest BCUT2D eigenvalue weighted by atomic mass is 9.93. The number of hydrogen-bond acceptors (Lipinski definition) is 5. The van der Waals surface area contributed by atoms with E-state index in [0.717, 1.165) is 41.9 Å². The quantitative estimate of drug-likeness (QED) is 0.602. The van der Waals surface area contributed by atoms with Crippen molar-refractivity contribution >= 4 is 11.3 Å². The van der Waals surface area contributed by atoms with Crippen LogP contribution in [0.25, 0.3) is 16.9 Å². The topological polar surface area (TPSA) is 83.8 Å². The molecule has 0 bridgehead atoms. The van der Waals surface area contributed by atoms with Crippen LogP contribution in [0.3, 0.4) is 0 Å². The maximum atomic E-state index is 4.62. The highest BCUT2D eigenvalue weighted by atomic mass is 15.3. The molecule has 0 aliphatic heterocycles. The number of aromatic amines is 1. The average Bonchev–Trinajstić information content (AvgIpc) is 3.31. The summed E-state index contributed by atoms with van der Waals surface area (Å²) in [7, 11) is 0. The Morgan fingerprint density at radius 3 is 3.04 bits per heavy atom. The summed E-state index contributed by atoms with van der Waals surface area (Å²) >= 11 is 0. The first kappa shape index (κ1) is 14.2. The van der Waals surface area contributed by atoms with Gasteiger partial charge in [0.1, 0.15) is 6.33 Å². The lowest BCUT2D eigenvalue weighted by molar-refractivity contribution is 0.603. The third kappa shape index (κ3) is 2.53. The Morgan fingerprint density at radius 2 is 2.12 bits per heavy atom. The van der Waals surface area contributed by atoms with Crippen molar-refractivity contribution in [2.24, 2.45) is 0 Å². The van der Waals surface area contributed by atoms with Gasteiger partial charge in [-0.25, -0.2) is 0 Å². The molecule has 0 saturated carbocycles. The number of nitrogens with one attached hydrogen (secondary N) is 2. The zero-order valence-electron chi connectivity index (χ0n) is 13.6. The molecule has 0 spiro atoms. The molecule has 3 heterocycles. The smallest absolute Gasteiger partial charge is 0.200 e. The molecule has 124 valence electrons. The molecule has 0 saturated heterocycles. The van der Waals surface area contributed by atoms with Crippen LogP contribution >= 0.6 is 0 Å². The Morgan fingerprint density at radius 1 is 1.20 bits per heavy atom. The van der Waals surface area contributed by atoms with E-state index in [1.807, 2.05) is 24.4 Å². The average molecular weight is 331 g/mol. The molecule has 2 N–H and O–H groups in total. The van der Waals surface area contributed by atoms with Crippen molar-refractivity contribution < 1.29 is 0 Å². The van der Waals surface area contributed by atoms with E-state index in [2.05, 4.69) is 49.0 Å². The minimum absolute atomic E-state index is 0.333. The lowest BCUT2D eigenvalue weighted by Gasteiger charge is -2.24. The number of aryl methyl sites for hydroxylation is 1. The number of anilines is 1. The van der Waals surface area contributed by atoms with Crippen LogP contribution in [0.4, 0.5) is 5.69 Å². The van der Waals surface area contributed by atoms with Gasteiger partial charge in [-0.1, -0.05) is 30.3 Å². The van der Waals surface area contributed by atoms with Crippen molar-refractivity contribution in [3.8, 4) is 11.3 Å². The number of benzene rings is 1. The van der Waals surface area contributed by atoms with Crippen molar-refractivity contribution in [2.75, 3.05) is 5.32 Å². The van der Waals surface area contributed by atoms with E-state index in [4.69, 9.17) is 0 Å². The summed E-state index contributed by atoms with van der Waals surface area (Å²) in [6.45, 7) is 0. The molecule has 7 heteroatoms. The Labute approximate surface area is 144 Å². The molecular weight excluding hydrogens is 314 g/mol. The van der Waals surface area contributed by atoms with E-state index in [1.54, 1.807) is 10.8 Å². The minimum Gasteiger partial charge on any atom is -0.379 e. The van der Waals surface area contributed by atoms with Gasteiger partial charge in [0.05, 0.1) is 17.6 Å². The molecule has 1 atom stereocenters. The number of nitrogens with zero attached hydrogens (tertiary/aromatic N) is 5. The summed E-state index contributed by atoms with van der Waals surface area (Å²) in [4.78, 5) is 0. The van der Waals surface area contributed by atoms with Crippen molar-refractivity contribution in [3.05, 3.63) is 60.2 Å². The first-order chi connectivity index (χ1) is 12.4. The van der Waals surface area contributed by atoms with E-state index in [-0.39, 0.29) is 0 Å². The predicted molar refractivity (Wildman–Crippen MR) is 94.2 cm³/mol. The molecule has 5 rings (SSSR count). The third-order valence-electron chi connectivity index (χ3n) is 4.72. The van der Waals surface area contributed by atoms with Gasteiger partial charge in [0.2, 0.25) is 5.65 Å². The highest BCUT2D eigenvalue weighted by Crippen LogP contribution is 2.26. The van der Waals surface area contributed by atoms with Crippen LogP contribution in [-0.4, -0.2) is 36.1 Å². The van der Waals surface area contributed by atoms with Crippen LogP contribution in [0.5, 0.6) is 0 Å². The fourth-order valence-corrected chi connectivity index (χ4v) is 3.43. The van der Waals surface area contributed by atoms with Gasteiger partial charge in [-0.3, -0.25) is 5.10 Å². The van der Waals surface area contributed by atoms with Crippen LogP contribution in [0.2, 0.25) is 0 Å². The maximum absolute atomic E-state index is 4.62. The summed E-state index contributed by atoms with van der Waals surface area (Å²) in [5.74, 6) is 0. The van der Waals surface area contributed by atoms with Crippen LogP contribution in [-0.2, 0) is 12.8 Å². The summed E-state index contributed by atoms with van der Waals surface area (Å²) in [6.07, 6.45) is 6.60. The SMILES string of the molecule is c1ccc(-c2cc(NC3CCc4cn[nH]c4C3)c3nncn3n2)cc1. The molecule has 0 fully saturated rings. The predicted octanol–water partition coefficient (Wildman–Crippen LogP) is 2.48. The van der Waals surface area contributed by atoms with E-state index < -0.39 is 0 Å². The van der Waals surface area contributed by atoms with E-state index in [0.29, 0.717) is 6.04 Å². The van der Waals surface area contributed by atoms with Crippen molar-refractivity contribution in [2.45, 2.75) is 25.3 Å². The van der Waals surface area contributed by atoms with Gasteiger partial charge in [-0.15, -0.1) is 10.2 Å². The molecule has 4 aromatic rings. The fraction of sp³-hybridized carbons (Fsp3) is 0.222. The molecule has 3 aromatic heterocycles. The van der Waals surface area contributed by atoms with Gasteiger partial charge in [0, 0.05) is 23.7 Å². The van der Waals surface area contributed by atoms with Crippen LogP contribution in [0.15, 0.2) is 48.9 Å². The van der Waals surface area contributed by atoms with Crippen LogP contribution in [0.1, 0.15) is 17.7 Å². The summed E-state index contributed by atoms with van der Waals surface area (Å²) in [6, 6.07) is 12.5. The van der Waals surface area contributed by atoms with Crippen molar-refractivity contribution in [3.63, 3.8) is 0 Å². The summed E-state index contributed by atoms with van der Waals surface area (Å²) in [5, 5.41) is 23.8. The molecule has 0 radical (unpaired) electrons. The molecule has 1 aliphatic carbocycles. The van der Waals surface area contributed by atoms with Gasteiger partial charge < -0.3 is 5.32 Å². The Kier molecular flexibility index (Phi) is 3.22. The van der Waals surface area contributed by atoms with Crippen molar-refractivity contribution in [1.82, 2.24) is 30.0 Å². The van der Waals surface area contributed by atoms with E-state index in [1.165, 1.54) is 11.3 Å².